The third-order valence-corrected chi connectivity index (χ3v) is 2.92. The summed E-state index contributed by atoms with van der Waals surface area (Å²) in [5, 5.41) is 13.4. The van der Waals surface area contributed by atoms with E-state index in [1.165, 1.54) is 0 Å². The number of rotatable bonds is 5. The van der Waals surface area contributed by atoms with Gasteiger partial charge < -0.3 is 15.1 Å². The maximum Gasteiger partial charge on any atom is 0.216 e. The molecule has 0 fully saturated rings. The molecule has 0 spiro atoms. The fraction of sp³-hybridized carbons (Fsp3) is 0.462. The molecule has 2 rings (SSSR count). The lowest BCUT2D eigenvalue weighted by Crippen LogP contribution is -2.41. The van der Waals surface area contributed by atoms with E-state index in [1.54, 1.807) is 13.3 Å². The quantitative estimate of drug-likeness (QED) is 0.569. The highest BCUT2D eigenvalue weighted by molar-refractivity contribution is 5.79. The molecule has 1 unspecified atom stereocenters. The number of nitrogens with one attached hydrogen (secondary N) is 3. The molecule has 0 aliphatic heterocycles. The highest BCUT2D eigenvalue weighted by Crippen LogP contribution is 2.14. The van der Waals surface area contributed by atoms with Gasteiger partial charge >= 0.3 is 0 Å². The van der Waals surface area contributed by atoms with E-state index in [4.69, 9.17) is 4.42 Å². The zero-order valence-electron chi connectivity index (χ0n) is 12.0. The molecule has 0 aromatic carbocycles. The second kappa shape index (κ2) is 6.74. The van der Waals surface area contributed by atoms with Gasteiger partial charge in [-0.05, 0) is 25.5 Å². The Labute approximate surface area is 117 Å². The van der Waals surface area contributed by atoms with Crippen molar-refractivity contribution in [1.82, 2.24) is 25.8 Å². The van der Waals surface area contributed by atoms with Gasteiger partial charge in [0.2, 0.25) is 5.82 Å². The van der Waals surface area contributed by atoms with E-state index >= 15 is 0 Å². The van der Waals surface area contributed by atoms with Gasteiger partial charge in [-0.15, -0.1) is 5.10 Å². The molecule has 0 bridgehead atoms. The van der Waals surface area contributed by atoms with Crippen molar-refractivity contribution in [2.45, 2.75) is 32.9 Å². The number of hydrogen-bond donors (Lipinski definition) is 3. The number of nitrogens with zero attached hydrogens (tertiary/aromatic N) is 3. The van der Waals surface area contributed by atoms with Crippen molar-refractivity contribution in [3.8, 4) is 11.6 Å². The van der Waals surface area contributed by atoms with Crippen LogP contribution in [0.25, 0.3) is 11.6 Å². The van der Waals surface area contributed by atoms with Crippen LogP contribution in [0.2, 0.25) is 0 Å². The second-order valence-corrected chi connectivity index (χ2v) is 4.46. The van der Waals surface area contributed by atoms with Gasteiger partial charge in [0, 0.05) is 13.1 Å². The Bertz CT molecular complexity index is 545. The van der Waals surface area contributed by atoms with Gasteiger partial charge in [0.05, 0.1) is 12.8 Å². The van der Waals surface area contributed by atoms with E-state index in [0.717, 1.165) is 18.2 Å². The van der Waals surface area contributed by atoms with Crippen LogP contribution in [-0.2, 0) is 6.54 Å². The first-order chi connectivity index (χ1) is 9.72. The predicted molar refractivity (Wildman–Crippen MR) is 77.2 cm³/mol. The summed E-state index contributed by atoms with van der Waals surface area (Å²) in [7, 11) is 1.74. The molecule has 20 heavy (non-hydrogen) atoms. The van der Waals surface area contributed by atoms with Gasteiger partial charge in [-0.25, -0.2) is 4.98 Å². The standard InChI is InChI=1S/C13H20N6O/c1-4-9(2)16-13(14-3)15-8-11-17-12(19-18-11)10-6-5-7-20-10/h5-7,9H,4,8H2,1-3H3,(H2,14,15,16)(H,17,18,19). The fourth-order valence-electron chi connectivity index (χ4n) is 1.59. The summed E-state index contributed by atoms with van der Waals surface area (Å²) in [4.78, 5) is 8.51. The third-order valence-electron chi connectivity index (χ3n) is 2.92. The van der Waals surface area contributed by atoms with Crippen molar-refractivity contribution in [1.29, 1.82) is 0 Å². The highest BCUT2D eigenvalue weighted by Gasteiger charge is 2.09. The summed E-state index contributed by atoms with van der Waals surface area (Å²) in [6, 6.07) is 4.00. The first-order valence-corrected chi connectivity index (χ1v) is 6.65. The molecule has 0 aliphatic rings. The SMILES string of the molecule is CCC(C)NC(=NC)NCc1nc(-c2ccco2)n[nH]1. The van der Waals surface area contributed by atoms with Crippen LogP contribution in [0, 0.1) is 0 Å². The molecule has 108 valence electrons. The van der Waals surface area contributed by atoms with Crippen molar-refractivity contribution in [3.63, 3.8) is 0 Å². The maximum absolute atomic E-state index is 5.25. The summed E-state index contributed by atoms with van der Waals surface area (Å²) in [6.45, 7) is 4.75. The fourth-order valence-corrected chi connectivity index (χ4v) is 1.59. The molecule has 0 amide bonds. The molecular formula is C13H20N6O. The Kier molecular flexibility index (Phi) is 4.75. The molecule has 0 saturated carbocycles. The minimum atomic E-state index is 0.370. The Balaban J connectivity index is 1.91. The van der Waals surface area contributed by atoms with Crippen LogP contribution < -0.4 is 10.6 Å². The van der Waals surface area contributed by atoms with Crippen LogP contribution in [0.15, 0.2) is 27.8 Å². The lowest BCUT2D eigenvalue weighted by atomic mass is 10.3. The Hall–Kier alpha value is -2.31. The predicted octanol–water partition coefficient (Wildman–Crippen LogP) is 1.53. The number of aromatic nitrogens is 3. The highest BCUT2D eigenvalue weighted by atomic mass is 16.3. The Morgan fingerprint density at radius 1 is 1.55 bits per heavy atom. The summed E-state index contributed by atoms with van der Waals surface area (Å²) in [5.41, 5.74) is 0. The van der Waals surface area contributed by atoms with E-state index in [1.807, 2.05) is 12.1 Å². The van der Waals surface area contributed by atoms with E-state index in [-0.39, 0.29) is 0 Å². The van der Waals surface area contributed by atoms with Crippen molar-refractivity contribution < 1.29 is 4.42 Å². The third kappa shape index (κ3) is 3.59. The zero-order chi connectivity index (χ0) is 14.4. The molecule has 7 nitrogen and oxygen atoms in total. The lowest BCUT2D eigenvalue weighted by molar-refractivity contribution is 0.577. The molecule has 2 heterocycles. The van der Waals surface area contributed by atoms with Crippen molar-refractivity contribution in [3.05, 3.63) is 24.2 Å². The van der Waals surface area contributed by atoms with Crippen LogP contribution in [0.3, 0.4) is 0 Å². The van der Waals surface area contributed by atoms with Crippen LogP contribution in [0.4, 0.5) is 0 Å². The molecule has 0 saturated heterocycles. The molecule has 2 aromatic heterocycles. The number of guanidine groups is 1. The van der Waals surface area contributed by atoms with Gasteiger partial charge in [-0.1, -0.05) is 6.92 Å². The van der Waals surface area contributed by atoms with Crippen LogP contribution in [0.5, 0.6) is 0 Å². The minimum Gasteiger partial charge on any atom is -0.461 e. The van der Waals surface area contributed by atoms with Crippen molar-refractivity contribution in [2.75, 3.05) is 7.05 Å². The average Bonchev–Trinajstić information content (AvgIpc) is 3.13. The van der Waals surface area contributed by atoms with E-state index in [2.05, 4.69) is 44.7 Å². The first-order valence-electron chi connectivity index (χ1n) is 6.65. The molecule has 3 N–H and O–H groups in total. The number of H-pyrrole nitrogens is 1. The summed E-state index contributed by atoms with van der Waals surface area (Å²) < 4.78 is 5.25. The average molecular weight is 276 g/mol. The number of hydrogen-bond acceptors (Lipinski definition) is 4. The Morgan fingerprint density at radius 3 is 3.05 bits per heavy atom. The molecule has 0 radical (unpaired) electrons. The molecule has 2 aromatic rings. The molecule has 1 atom stereocenters. The van der Waals surface area contributed by atoms with E-state index < -0.39 is 0 Å². The smallest absolute Gasteiger partial charge is 0.216 e. The molecule has 0 aliphatic carbocycles. The lowest BCUT2D eigenvalue weighted by Gasteiger charge is -2.15. The number of furan rings is 1. The molecule has 7 heteroatoms. The van der Waals surface area contributed by atoms with Crippen molar-refractivity contribution in [2.24, 2.45) is 4.99 Å². The monoisotopic (exact) mass is 276 g/mol. The van der Waals surface area contributed by atoms with Gasteiger partial charge in [0.25, 0.3) is 0 Å². The maximum atomic E-state index is 5.25. The number of aromatic amines is 1. The van der Waals surface area contributed by atoms with Gasteiger partial charge in [0.15, 0.2) is 11.7 Å². The zero-order valence-corrected chi connectivity index (χ0v) is 12.0. The summed E-state index contributed by atoms with van der Waals surface area (Å²) in [6.07, 6.45) is 2.63. The number of aliphatic imine (C=N–C) groups is 1. The molecular weight excluding hydrogens is 256 g/mol. The van der Waals surface area contributed by atoms with Crippen molar-refractivity contribution >= 4 is 5.96 Å². The topological polar surface area (TPSA) is 91.1 Å². The van der Waals surface area contributed by atoms with Crippen LogP contribution >= 0.6 is 0 Å². The van der Waals surface area contributed by atoms with Gasteiger partial charge in [0.1, 0.15) is 5.82 Å². The van der Waals surface area contributed by atoms with Gasteiger partial charge in [-0.2, -0.15) is 0 Å². The van der Waals surface area contributed by atoms with E-state index in [0.29, 0.717) is 24.2 Å². The van der Waals surface area contributed by atoms with Crippen LogP contribution in [0.1, 0.15) is 26.1 Å². The Morgan fingerprint density at radius 2 is 2.40 bits per heavy atom. The normalized spacial score (nSPS) is 13.2. The summed E-state index contributed by atoms with van der Waals surface area (Å²) >= 11 is 0. The van der Waals surface area contributed by atoms with Crippen LogP contribution in [-0.4, -0.2) is 34.2 Å². The first kappa shape index (κ1) is 14.1. The second-order valence-electron chi connectivity index (χ2n) is 4.46. The summed E-state index contributed by atoms with van der Waals surface area (Å²) in [5.74, 6) is 2.67. The van der Waals surface area contributed by atoms with E-state index in [9.17, 15) is 0 Å². The van der Waals surface area contributed by atoms with Gasteiger partial charge in [-0.3, -0.25) is 10.1 Å². The largest absolute Gasteiger partial charge is 0.461 e. The minimum absolute atomic E-state index is 0.370.